The molecular weight excluding hydrogens is 582 g/mol. The first kappa shape index (κ1) is 33.5. The fourth-order valence-corrected chi connectivity index (χ4v) is 6.58. The highest BCUT2D eigenvalue weighted by atomic mass is 32.2. The number of anilines is 1. The van der Waals surface area contributed by atoms with Crippen molar-refractivity contribution >= 4 is 27.5 Å². The number of carbonyl (C=O) groups excluding carboxylic acids is 2. The zero-order valence-corrected chi connectivity index (χ0v) is 27.6. The van der Waals surface area contributed by atoms with Crippen LogP contribution in [0.3, 0.4) is 0 Å². The number of sulfonamides is 1. The van der Waals surface area contributed by atoms with Crippen molar-refractivity contribution in [1.29, 1.82) is 0 Å². The lowest BCUT2D eigenvalue weighted by Crippen LogP contribution is -2.54. The lowest BCUT2D eigenvalue weighted by atomic mass is 10.0. The van der Waals surface area contributed by atoms with Gasteiger partial charge in [0.25, 0.3) is 10.0 Å². The van der Waals surface area contributed by atoms with E-state index in [9.17, 15) is 18.0 Å². The molecule has 2 unspecified atom stereocenters. The Bertz CT molecular complexity index is 1690. The minimum atomic E-state index is -4.15. The van der Waals surface area contributed by atoms with Crippen LogP contribution in [0.1, 0.15) is 48.1 Å². The summed E-state index contributed by atoms with van der Waals surface area (Å²) in [5, 5.41) is 3.07. The molecule has 0 fully saturated rings. The van der Waals surface area contributed by atoms with Gasteiger partial charge in [-0.05, 0) is 74.6 Å². The average molecular weight is 626 g/mol. The van der Waals surface area contributed by atoms with E-state index in [1.54, 1.807) is 30.3 Å². The summed E-state index contributed by atoms with van der Waals surface area (Å²) >= 11 is 0. The van der Waals surface area contributed by atoms with E-state index in [2.05, 4.69) is 5.32 Å². The maximum Gasteiger partial charge on any atom is 0.264 e. The van der Waals surface area contributed by atoms with Gasteiger partial charge in [0.1, 0.15) is 12.6 Å². The van der Waals surface area contributed by atoms with Crippen LogP contribution < -0.4 is 9.62 Å². The predicted molar refractivity (Wildman–Crippen MR) is 180 cm³/mol. The van der Waals surface area contributed by atoms with Gasteiger partial charge in [0, 0.05) is 19.0 Å². The van der Waals surface area contributed by atoms with Gasteiger partial charge >= 0.3 is 0 Å². The van der Waals surface area contributed by atoms with Crippen molar-refractivity contribution in [2.24, 2.45) is 0 Å². The second kappa shape index (κ2) is 15.0. The summed E-state index contributed by atoms with van der Waals surface area (Å²) in [6.45, 7) is 9.18. The van der Waals surface area contributed by atoms with Gasteiger partial charge in [0.15, 0.2) is 0 Å². The Kier molecular flexibility index (Phi) is 11.2. The zero-order chi connectivity index (χ0) is 32.6. The van der Waals surface area contributed by atoms with Crippen LogP contribution in [0.15, 0.2) is 108 Å². The Morgan fingerprint density at radius 1 is 0.778 bits per heavy atom. The summed E-state index contributed by atoms with van der Waals surface area (Å²) in [4.78, 5) is 30.1. The van der Waals surface area contributed by atoms with Crippen LogP contribution in [0.5, 0.6) is 0 Å². The number of amides is 2. The number of rotatable bonds is 13. The van der Waals surface area contributed by atoms with Gasteiger partial charge in [-0.25, -0.2) is 8.42 Å². The third kappa shape index (κ3) is 8.60. The van der Waals surface area contributed by atoms with Crippen molar-refractivity contribution in [2.75, 3.05) is 10.8 Å². The van der Waals surface area contributed by atoms with Gasteiger partial charge in [-0.15, -0.1) is 0 Å². The van der Waals surface area contributed by atoms with Crippen molar-refractivity contribution < 1.29 is 18.0 Å². The van der Waals surface area contributed by atoms with Crippen molar-refractivity contribution in [3.8, 4) is 0 Å². The molecule has 0 bridgehead atoms. The number of aryl methyl sites for hydroxylation is 3. The molecule has 0 spiro atoms. The second-order valence-corrected chi connectivity index (χ2v) is 13.5. The Morgan fingerprint density at radius 2 is 1.36 bits per heavy atom. The maximum absolute atomic E-state index is 14.6. The summed E-state index contributed by atoms with van der Waals surface area (Å²) in [6.07, 6.45) is 1.00. The first-order valence-electron chi connectivity index (χ1n) is 15.3. The van der Waals surface area contributed by atoms with E-state index in [4.69, 9.17) is 0 Å². The number of hydrogen-bond acceptors (Lipinski definition) is 4. The van der Waals surface area contributed by atoms with Gasteiger partial charge < -0.3 is 10.2 Å². The molecule has 0 heterocycles. The van der Waals surface area contributed by atoms with Crippen molar-refractivity contribution in [3.05, 3.63) is 131 Å². The molecule has 0 saturated heterocycles. The van der Waals surface area contributed by atoms with Crippen LogP contribution in [0.4, 0.5) is 5.69 Å². The highest BCUT2D eigenvalue weighted by molar-refractivity contribution is 7.92. The lowest BCUT2D eigenvalue weighted by Gasteiger charge is -2.34. The van der Waals surface area contributed by atoms with E-state index in [0.717, 1.165) is 28.7 Å². The monoisotopic (exact) mass is 625 g/mol. The molecule has 4 rings (SSSR count). The summed E-state index contributed by atoms with van der Waals surface area (Å²) in [7, 11) is -4.15. The molecule has 8 heteroatoms. The summed E-state index contributed by atoms with van der Waals surface area (Å²) in [6, 6.07) is 30.2. The van der Waals surface area contributed by atoms with E-state index in [1.165, 1.54) is 9.21 Å². The number of carbonyl (C=O) groups is 2. The molecule has 0 aliphatic carbocycles. The molecule has 0 aliphatic heterocycles. The van der Waals surface area contributed by atoms with Gasteiger partial charge in [-0.3, -0.25) is 13.9 Å². The second-order valence-electron chi connectivity index (χ2n) is 11.6. The summed E-state index contributed by atoms with van der Waals surface area (Å²) in [5.74, 6) is -0.757. The first-order chi connectivity index (χ1) is 21.5. The Morgan fingerprint density at radius 3 is 1.96 bits per heavy atom. The highest BCUT2D eigenvalue weighted by Crippen LogP contribution is 2.29. The Labute approximate surface area is 268 Å². The van der Waals surface area contributed by atoms with E-state index >= 15 is 0 Å². The molecule has 0 aromatic heterocycles. The topological polar surface area (TPSA) is 86.8 Å². The Hall–Kier alpha value is -4.43. The van der Waals surface area contributed by atoms with Gasteiger partial charge in [0.05, 0.1) is 10.6 Å². The molecule has 2 amide bonds. The van der Waals surface area contributed by atoms with Crippen LogP contribution in [0, 0.1) is 20.8 Å². The quantitative estimate of drug-likeness (QED) is 0.187. The molecule has 45 heavy (non-hydrogen) atoms. The number of benzene rings is 4. The summed E-state index contributed by atoms with van der Waals surface area (Å²) in [5.41, 5.74) is 4.66. The van der Waals surface area contributed by atoms with Crippen LogP contribution >= 0.6 is 0 Å². The van der Waals surface area contributed by atoms with Gasteiger partial charge in [0.2, 0.25) is 11.8 Å². The third-order valence-corrected chi connectivity index (χ3v) is 9.76. The largest absolute Gasteiger partial charge is 0.352 e. The molecule has 2 atom stereocenters. The molecule has 4 aromatic rings. The SMILES string of the molecule is CCC(C)NC(=O)C(Cc1ccccc1)N(Cc1ccccc1)C(=O)CN(c1cc(C)ccc1C)S(=O)(=O)c1ccc(C)cc1. The molecule has 1 N–H and O–H groups in total. The molecular formula is C37H43N3O4S. The van der Waals surface area contributed by atoms with Crippen LogP contribution in [-0.2, 0) is 32.6 Å². The van der Waals surface area contributed by atoms with Crippen molar-refractivity contribution in [3.63, 3.8) is 0 Å². The van der Waals surface area contributed by atoms with E-state index in [0.29, 0.717) is 11.3 Å². The molecule has 7 nitrogen and oxygen atoms in total. The average Bonchev–Trinajstić information content (AvgIpc) is 3.03. The molecule has 236 valence electrons. The van der Waals surface area contributed by atoms with Crippen LogP contribution in [-0.4, -0.2) is 43.8 Å². The number of nitrogens with zero attached hydrogens (tertiary/aromatic N) is 2. The Balaban J connectivity index is 1.82. The lowest BCUT2D eigenvalue weighted by molar-refractivity contribution is -0.140. The molecule has 0 aliphatic rings. The number of hydrogen-bond donors (Lipinski definition) is 1. The molecule has 0 radical (unpaired) electrons. The minimum Gasteiger partial charge on any atom is -0.352 e. The molecule has 4 aromatic carbocycles. The fourth-order valence-electron chi connectivity index (χ4n) is 5.11. The zero-order valence-electron chi connectivity index (χ0n) is 26.7. The minimum absolute atomic E-state index is 0.0896. The van der Waals surface area contributed by atoms with Gasteiger partial charge in [-0.1, -0.05) is 97.4 Å². The maximum atomic E-state index is 14.6. The third-order valence-electron chi connectivity index (χ3n) is 7.99. The van der Waals surface area contributed by atoms with E-state index in [1.807, 2.05) is 107 Å². The van der Waals surface area contributed by atoms with Crippen molar-refractivity contribution in [1.82, 2.24) is 10.2 Å². The standard InChI is InChI=1S/C37H43N3O4S/c1-6-30(5)38-37(42)35(24-31-13-9-7-10-14-31)39(25-32-15-11-8-12-16-32)36(41)26-40(34-23-28(3)17-20-29(34)4)45(43,44)33-21-18-27(2)19-22-33/h7-23,30,35H,6,24-26H2,1-5H3,(H,38,42). The van der Waals surface area contributed by atoms with Gasteiger partial charge in [-0.2, -0.15) is 0 Å². The number of nitrogens with one attached hydrogen (secondary N) is 1. The molecule has 0 saturated carbocycles. The summed E-state index contributed by atoms with van der Waals surface area (Å²) < 4.78 is 29.7. The van der Waals surface area contributed by atoms with Crippen LogP contribution in [0.25, 0.3) is 0 Å². The first-order valence-corrected chi connectivity index (χ1v) is 16.8. The fraction of sp³-hybridized carbons (Fsp3) is 0.297. The normalized spacial score (nSPS) is 12.6. The van der Waals surface area contributed by atoms with Crippen LogP contribution in [0.2, 0.25) is 0 Å². The van der Waals surface area contributed by atoms with E-state index in [-0.39, 0.29) is 29.8 Å². The van der Waals surface area contributed by atoms with E-state index < -0.39 is 28.5 Å². The highest BCUT2D eigenvalue weighted by Gasteiger charge is 2.35. The van der Waals surface area contributed by atoms with Crippen molar-refractivity contribution in [2.45, 2.75) is 71.0 Å². The predicted octanol–water partition coefficient (Wildman–Crippen LogP) is 6.36. The smallest absolute Gasteiger partial charge is 0.264 e.